The normalized spacial score (nSPS) is 34.9. The second kappa shape index (κ2) is 4.63. The molecule has 0 bridgehead atoms. The van der Waals surface area contributed by atoms with Crippen LogP contribution >= 0.6 is 0 Å². The van der Waals surface area contributed by atoms with E-state index in [0.29, 0.717) is 5.54 Å². The van der Waals surface area contributed by atoms with Crippen molar-refractivity contribution >= 4 is 0 Å². The van der Waals surface area contributed by atoms with Gasteiger partial charge in [-0.25, -0.2) is 0 Å². The SMILES string of the molecule is CC1(CNC2CCCC2)CCCCN1. The molecular weight excluding hydrogens is 172 g/mol. The van der Waals surface area contributed by atoms with Gasteiger partial charge in [-0.05, 0) is 39.2 Å². The Hall–Kier alpha value is -0.0800. The fourth-order valence-electron chi connectivity index (χ4n) is 2.77. The molecule has 1 heterocycles. The molecule has 0 aromatic rings. The van der Waals surface area contributed by atoms with E-state index in [1.165, 1.54) is 51.5 Å². The molecule has 1 aliphatic heterocycles. The average Bonchev–Trinajstić information content (AvgIpc) is 2.69. The Morgan fingerprint density at radius 1 is 1.21 bits per heavy atom. The van der Waals surface area contributed by atoms with Crippen LogP contribution < -0.4 is 10.6 Å². The van der Waals surface area contributed by atoms with Crippen LogP contribution in [-0.4, -0.2) is 24.7 Å². The minimum absolute atomic E-state index is 0.376. The summed E-state index contributed by atoms with van der Waals surface area (Å²) in [4.78, 5) is 0. The van der Waals surface area contributed by atoms with Gasteiger partial charge in [0.2, 0.25) is 0 Å². The molecule has 2 heteroatoms. The number of rotatable bonds is 3. The lowest BCUT2D eigenvalue weighted by atomic mass is 9.90. The highest BCUT2D eigenvalue weighted by molar-refractivity contribution is 4.90. The van der Waals surface area contributed by atoms with Gasteiger partial charge in [0.1, 0.15) is 0 Å². The molecule has 1 atom stereocenters. The maximum absolute atomic E-state index is 3.73. The fourth-order valence-corrected chi connectivity index (χ4v) is 2.77. The summed E-state index contributed by atoms with van der Waals surface area (Å²) < 4.78 is 0. The smallest absolute Gasteiger partial charge is 0.0278 e. The largest absolute Gasteiger partial charge is 0.312 e. The molecule has 14 heavy (non-hydrogen) atoms. The van der Waals surface area contributed by atoms with Crippen molar-refractivity contribution in [1.82, 2.24) is 10.6 Å². The summed E-state index contributed by atoms with van der Waals surface area (Å²) >= 11 is 0. The zero-order valence-electron chi connectivity index (χ0n) is 9.44. The molecule has 1 saturated carbocycles. The summed E-state index contributed by atoms with van der Waals surface area (Å²) in [5, 5.41) is 7.39. The molecule has 0 radical (unpaired) electrons. The molecule has 2 rings (SSSR count). The van der Waals surface area contributed by atoms with Crippen LogP contribution in [0.4, 0.5) is 0 Å². The molecule has 1 saturated heterocycles. The van der Waals surface area contributed by atoms with Crippen LogP contribution in [0.3, 0.4) is 0 Å². The predicted molar refractivity (Wildman–Crippen MR) is 60.5 cm³/mol. The minimum atomic E-state index is 0.376. The van der Waals surface area contributed by atoms with E-state index in [4.69, 9.17) is 0 Å². The summed E-state index contributed by atoms with van der Waals surface area (Å²) in [5.41, 5.74) is 0.376. The lowest BCUT2D eigenvalue weighted by Gasteiger charge is -2.36. The van der Waals surface area contributed by atoms with Crippen LogP contribution in [0.2, 0.25) is 0 Å². The zero-order chi connectivity index (χ0) is 9.86. The molecular formula is C12H24N2. The van der Waals surface area contributed by atoms with E-state index in [0.717, 1.165) is 12.6 Å². The Morgan fingerprint density at radius 2 is 2.00 bits per heavy atom. The second-order valence-electron chi connectivity index (χ2n) is 5.31. The number of hydrogen-bond acceptors (Lipinski definition) is 2. The zero-order valence-corrected chi connectivity index (χ0v) is 9.44. The van der Waals surface area contributed by atoms with Gasteiger partial charge in [0.05, 0.1) is 0 Å². The fraction of sp³-hybridized carbons (Fsp3) is 1.00. The van der Waals surface area contributed by atoms with Crippen molar-refractivity contribution in [3.63, 3.8) is 0 Å². The third-order valence-electron chi connectivity index (χ3n) is 3.84. The van der Waals surface area contributed by atoms with Crippen LogP contribution in [-0.2, 0) is 0 Å². The highest BCUT2D eigenvalue weighted by Gasteiger charge is 2.27. The molecule has 2 aliphatic rings. The lowest BCUT2D eigenvalue weighted by Crippen LogP contribution is -2.54. The molecule has 1 aliphatic carbocycles. The number of hydrogen-bond donors (Lipinski definition) is 2. The van der Waals surface area contributed by atoms with Gasteiger partial charge in [0.25, 0.3) is 0 Å². The molecule has 0 aromatic heterocycles. The van der Waals surface area contributed by atoms with Crippen LogP contribution in [0.15, 0.2) is 0 Å². The monoisotopic (exact) mass is 196 g/mol. The predicted octanol–water partition coefficient (Wildman–Crippen LogP) is 2.05. The maximum atomic E-state index is 3.73. The van der Waals surface area contributed by atoms with Crippen molar-refractivity contribution in [1.29, 1.82) is 0 Å². The van der Waals surface area contributed by atoms with Gasteiger partial charge in [0.15, 0.2) is 0 Å². The second-order valence-corrected chi connectivity index (χ2v) is 5.31. The van der Waals surface area contributed by atoms with Crippen LogP contribution in [0.25, 0.3) is 0 Å². The van der Waals surface area contributed by atoms with Crippen molar-refractivity contribution in [2.45, 2.75) is 63.5 Å². The lowest BCUT2D eigenvalue weighted by molar-refractivity contribution is 0.257. The van der Waals surface area contributed by atoms with Gasteiger partial charge < -0.3 is 10.6 Å². The van der Waals surface area contributed by atoms with E-state index in [1.54, 1.807) is 0 Å². The first-order valence-corrected chi connectivity index (χ1v) is 6.27. The van der Waals surface area contributed by atoms with E-state index in [9.17, 15) is 0 Å². The number of piperidine rings is 1. The summed E-state index contributed by atoms with van der Waals surface area (Å²) in [6.07, 6.45) is 9.76. The molecule has 0 spiro atoms. The quantitative estimate of drug-likeness (QED) is 0.722. The summed E-state index contributed by atoms with van der Waals surface area (Å²) in [6, 6.07) is 0.815. The highest BCUT2D eigenvalue weighted by atomic mass is 15.0. The molecule has 2 fully saturated rings. The molecule has 0 aromatic carbocycles. The molecule has 1 unspecified atom stereocenters. The minimum Gasteiger partial charge on any atom is -0.312 e. The van der Waals surface area contributed by atoms with Gasteiger partial charge in [-0.1, -0.05) is 19.3 Å². The first-order chi connectivity index (χ1) is 6.79. The Balaban J connectivity index is 1.72. The third-order valence-corrected chi connectivity index (χ3v) is 3.84. The van der Waals surface area contributed by atoms with Crippen molar-refractivity contribution < 1.29 is 0 Å². The van der Waals surface area contributed by atoms with E-state index < -0.39 is 0 Å². The van der Waals surface area contributed by atoms with Crippen molar-refractivity contribution in [2.24, 2.45) is 0 Å². The average molecular weight is 196 g/mol. The van der Waals surface area contributed by atoms with Crippen molar-refractivity contribution in [2.75, 3.05) is 13.1 Å². The molecule has 2 nitrogen and oxygen atoms in total. The van der Waals surface area contributed by atoms with Crippen LogP contribution in [0.5, 0.6) is 0 Å². The standard InChI is InChI=1S/C12H24N2/c1-12(8-4-5-9-14-12)10-13-11-6-2-3-7-11/h11,13-14H,2-10H2,1H3. The first-order valence-electron chi connectivity index (χ1n) is 6.27. The van der Waals surface area contributed by atoms with Crippen molar-refractivity contribution in [3.8, 4) is 0 Å². The van der Waals surface area contributed by atoms with E-state index >= 15 is 0 Å². The summed E-state index contributed by atoms with van der Waals surface area (Å²) in [5.74, 6) is 0. The van der Waals surface area contributed by atoms with Crippen LogP contribution in [0, 0.1) is 0 Å². The third kappa shape index (κ3) is 2.71. The maximum Gasteiger partial charge on any atom is 0.0278 e. The molecule has 0 amide bonds. The van der Waals surface area contributed by atoms with E-state index in [2.05, 4.69) is 17.6 Å². The molecule has 2 N–H and O–H groups in total. The van der Waals surface area contributed by atoms with Gasteiger partial charge in [-0.3, -0.25) is 0 Å². The van der Waals surface area contributed by atoms with Gasteiger partial charge in [-0.2, -0.15) is 0 Å². The van der Waals surface area contributed by atoms with Gasteiger partial charge in [0, 0.05) is 18.1 Å². The number of nitrogens with one attached hydrogen (secondary N) is 2. The summed E-state index contributed by atoms with van der Waals surface area (Å²) in [6.45, 7) is 4.74. The Kier molecular flexibility index (Phi) is 3.45. The first kappa shape index (κ1) is 10.4. The Bertz CT molecular complexity index is 167. The van der Waals surface area contributed by atoms with E-state index in [-0.39, 0.29) is 0 Å². The van der Waals surface area contributed by atoms with Gasteiger partial charge >= 0.3 is 0 Å². The Morgan fingerprint density at radius 3 is 2.64 bits per heavy atom. The summed E-state index contributed by atoms with van der Waals surface area (Å²) in [7, 11) is 0. The van der Waals surface area contributed by atoms with Crippen molar-refractivity contribution in [3.05, 3.63) is 0 Å². The van der Waals surface area contributed by atoms with Crippen LogP contribution in [0.1, 0.15) is 51.9 Å². The highest BCUT2D eigenvalue weighted by Crippen LogP contribution is 2.21. The van der Waals surface area contributed by atoms with E-state index in [1.807, 2.05) is 0 Å². The Labute approximate surface area is 87.8 Å². The topological polar surface area (TPSA) is 24.1 Å². The molecule has 82 valence electrons. The van der Waals surface area contributed by atoms with Gasteiger partial charge in [-0.15, -0.1) is 0 Å².